The molecule has 3 aromatic rings. The van der Waals surface area contributed by atoms with E-state index in [1.54, 1.807) is 16.8 Å². The number of carbonyl (C=O) groups excluding carboxylic acids is 1. The zero-order chi connectivity index (χ0) is 31.2. The Balaban J connectivity index is 1.17. The van der Waals surface area contributed by atoms with Crippen LogP contribution in [0.3, 0.4) is 0 Å². The lowest BCUT2D eigenvalue weighted by molar-refractivity contribution is 0.0156. The van der Waals surface area contributed by atoms with Crippen molar-refractivity contribution in [2.75, 3.05) is 13.1 Å². The second-order valence-electron chi connectivity index (χ2n) is 12.9. The zero-order valence-electron chi connectivity index (χ0n) is 26.0. The molecule has 0 aliphatic carbocycles. The molecule has 3 fully saturated rings. The van der Waals surface area contributed by atoms with Crippen molar-refractivity contribution in [3.8, 4) is 11.9 Å². The van der Waals surface area contributed by atoms with Gasteiger partial charge in [0.15, 0.2) is 0 Å². The van der Waals surface area contributed by atoms with Crippen LogP contribution in [-0.4, -0.2) is 78.8 Å². The monoisotopic (exact) mass is 596 g/mol. The number of carbonyl (C=O) groups is 1. The van der Waals surface area contributed by atoms with Crippen LogP contribution in [-0.2, 0) is 4.74 Å². The standard InChI is InChI=1S/C33H40N8O3/c1-20(38-23-18-39(19-23)29-14-24-9-10-28(29)40(24)32(42)44-33(3,4)5)26(16-35)22-12-30-37-17-25(15-34)41(30)31(13-22)43-21(2)27-8-6-7-11-36-27/h6-8,11-13,16-17,21,23-24,28-29H,9-10,14,18-19,35H2,1-5H3/b26-16+,38-20?/t21-,24?,28?,29?/m1/s1. The summed E-state index contributed by atoms with van der Waals surface area (Å²) < 4.78 is 13.8. The highest BCUT2D eigenvalue weighted by atomic mass is 16.6. The van der Waals surface area contributed by atoms with E-state index in [-0.39, 0.29) is 30.3 Å². The first kappa shape index (κ1) is 29.6. The molecule has 3 aromatic heterocycles. The molecule has 1 amide bonds. The number of hydrogen-bond donors (Lipinski definition) is 1. The molecule has 6 rings (SSSR count). The van der Waals surface area contributed by atoms with Gasteiger partial charge in [0, 0.05) is 54.9 Å². The van der Waals surface area contributed by atoms with Crippen LogP contribution < -0.4 is 10.5 Å². The maximum Gasteiger partial charge on any atom is 0.410 e. The summed E-state index contributed by atoms with van der Waals surface area (Å²) in [6, 6.07) is 12.6. The smallest absolute Gasteiger partial charge is 0.410 e. The van der Waals surface area contributed by atoms with Crippen LogP contribution in [0, 0.1) is 11.3 Å². The molecule has 44 heavy (non-hydrogen) atoms. The number of aliphatic imine (C=N–C) groups is 1. The topological polar surface area (TPSA) is 134 Å². The summed E-state index contributed by atoms with van der Waals surface area (Å²) in [5, 5.41) is 9.71. The molecule has 11 nitrogen and oxygen atoms in total. The second-order valence-corrected chi connectivity index (χ2v) is 12.9. The molecule has 0 spiro atoms. The average Bonchev–Trinajstić information content (AvgIpc) is 3.67. The normalized spacial score (nSPS) is 23.5. The number of aromatic nitrogens is 3. The highest BCUT2D eigenvalue weighted by molar-refractivity contribution is 6.22. The number of pyridine rings is 2. The summed E-state index contributed by atoms with van der Waals surface area (Å²) in [6.45, 7) is 11.3. The number of fused-ring (bicyclic) bond motifs is 3. The Morgan fingerprint density at radius 1 is 1.20 bits per heavy atom. The van der Waals surface area contributed by atoms with E-state index in [4.69, 9.17) is 20.2 Å². The molecule has 6 heterocycles. The summed E-state index contributed by atoms with van der Waals surface area (Å²) in [5.74, 6) is 0.470. The molecule has 11 heteroatoms. The Hall–Kier alpha value is -4.43. The highest BCUT2D eigenvalue weighted by Gasteiger charge is 2.53. The van der Waals surface area contributed by atoms with Crippen molar-refractivity contribution in [3.63, 3.8) is 0 Å². The van der Waals surface area contributed by atoms with Gasteiger partial charge >= 0.3 is 6.09 Å². The molecule has 0 radical (unpaired) electrons. The van der Waals surface area contributed by atoms with Crippen molar-refractivity contribution in [2.24, 2.45) is 10.7 Å². The van der Waals surface area contributed by atoms with Gasteiger partial charge in [0.25, 0.3) is 0 Å². The Labute approximate surface area is 258 Å². The van der Waals surface area contributed by atoms with Crippen LogP contribution in [0.25, 0.3) is 11.2 Å². The number of nitriles is 1. The summed E-state index contributed by atoms with van der Waals surface area (Å²) in [6.07, 6.45) is 7.33. The van der Waals surface area contributed by atoms with Gasteiger partial charge in [-0.25, -0.2) is 9.78 Å². The van der Waals surface area contributed by atoms with Gasteiger partial charge < -0.3 is 20.1 Å². The average molecular weight is 597 g/mol. The van der Waals surface area contributed by atoms with Gasteiger partial charge in [0.1, 0.15) is 29.1 Å². The number of amides is 1. The number of likely N-dealkylation sites (tertiary alicyclic amines) is 1. The quantitative estimate of drug-likeness (QED) is 0.387. The van der Waals surface area contributed by atoms with E-state index >= 15 is 0 Å². The molecule has 0 aromatic carbocycles. The number of ether oxygens (including phenoxy) is 2. The predicted octanol–water partition coefficient (Wildman–Crippen LogP) is 4.73. The Morgan fingerprint density at radius 2 is 2.00 bits per heavy atom. The fourth-order valence-corrected chi connectivity index (χ4v) is 6.82. The van der Waals surface area contributed by atoms with E-state index in [0.717, 1.165) is 54.9 Å². The van der Waals surface area contributed by atoms with Gasteiger partial charge in [0.2, 0.25) is 5.88 Å². The van der Waals surface area contributed by atoms with E-state index < -0.39 is 5.60 Å². The fraction of sp³-hybridized carbons (Fsp3) is 0.485. The Bertz CT molecular complexity index is 1640. The number of allylic oxidation sites excluding steroid dienone is 1. The van der Waals surface area contributed by atoms with Crippen molar-refractivity contribution in [2.45, 2.75) is 89.8 Å². The second kappa shape index (κ2) is 11.6. The summed E-state index contributed by atoms with van der Waals surface area (Å²) >= 11 is 0. The first-order valence-corrected chi connectivity index (χ1v) is 15.3. The summed E-state index contributed by atoms with van der Waals surface area (Å²) in [5.41, 5.74) is 9.81. The van der Waals surface area contributed by atoms with Crippen LogP contribution >= 0.6 is 0 Å². The molecule has 2 N–H and O–H groups in total. The van der Waals surface area contributed by atoms with E-state index in [0.29, 0.717) is 23.3 Å². The van der Waals surface area contributed by atoms with Gasteiger partial charge in [-0.3, -0.25) is 19.3 Å². The first-order chi connectivity index (χ1) is 21.1. The Morgan fingerprint density at radius 3 is 2.68 bits per heavy atom. The first-order valence-electron chi connectivity index (χ1n) is 15.3. The van der Waals surface area contributed by atoms with Crippen molar-refractivity contribution < 1.29 is 14.3 Å². The minimum Gasteiger partial charge on any atom is -0.469 e. The lowest BCUT2D eigenvalue weighted by Crippen LogP contribution is -2.58. The fourth-order valence-electron chi connectivity index (χ4n) is 6.82. The molecule has 0 saturated carbocycles. The lowest BCUT2D eigenvalue weighted by Gasteiger charge is -2.44. The zero-order valence-corrected chi connectivity index (χ0v) is 26.0. The number of imidazole rings is 1. The predicted molar refractivity (Wildman–Crippen MR) is 167 cm³/mol. The third kappa shape index (κ3) is 5.62. The molecule has 3 aliphatic heterocycles. The number of rotatable bonds is 7. The van der Waals surface area contributed by atoms with E-state index in [2.05, 4.69) is 20.9 Å². The Kier molecular flexibility index (Phi) is 7.80. The van der Waals surface area contributed by atoms with Crippen LogP contribution in [0.15, 0.2) is 53.9 Å². The number of hydrogen-bond acceptors (Lipinski definition) is 9. The van der Waals surface area contributed by atoms with Crippen LogP contribution in [0.2, 0.25) is 0 Å². The minimum absolute atomic E-state index is 0.138. The molecule has 230 valence electrons. The molecule has 3 unspecified atom stereocenters. The van der Waals surface area contributed by atoms with E-state index in [1.807, 2.05) is 69.9 Å². The number of nitrogens with two attached hydrogens (primary N) is 1. The summed E-state index contributed by atoms with van der Waals surface area (Å²) in [4.78, 5) is 31.3. The van der Waals surface area contributed by atoms with Gasteiger partial charge in [-0.05, 0) is 77.6 Å². The maximum absolute atomic E-state index is 12.9. The highest BCUT2D eigenvalue weighted by Crippen LogP contribution is 2.42. The van der Waals surface area contributed by atoms with Gasteiger partial charge in [0.05, 0.1) is 24.0 Å². The van der Waals surface area contributed by atoms with Crippen molar-refractivity contribution in [1.82, 2.24) is 24.2 Å². The molecule has 3 aliphatic rings. The molecular formula is C33H40N8O3. The van der Waals surface area contributed by atoms with Gasteiger partial charge in [-0.2, -0.15) is 5.26 Å². The molecule has 4 atom stereocenters. The molecule has 2 bridgehead atoms. The van der Waals surface area contributed by atoms with Crippen molar-refractivity contribution in [1.29, 1.82) is 5.26 Å². The lowest BCUT2D eigenvalue weighted by atomic mass is 9.91. The third-order valence-electron chi connectivity index (χ3n) is 8.80. The van der Waals surface area contributed by atoms with Gasteiger partial charge in [-0.15, -0.1) is 0 Å². The molecular weight excluding hydrogens is 556 g/mol. The molecule has 3 saturated heterocycles. The van der Waals surface area contributed by atoms with Gasteiger partial charge in [-0.1, -0.05) is 6.07 Å². The van der Waals surface area contributed by atoms with Crippen molar-refractivity contribution >= 4 is 23.0 Å². The number of nitrogens with zero attached hydrogens (tertiary/aromatic N) is 7. The van der Waals surface area contributed by atoms with E-state index in [9.17, 15) is 10.1 Å². The SMILES string of the molecule is CC(=NC1CN(C2CC3CCC2N3C(=O)OC(C)(C)C)C1)/C(=C\N)c1cc(O[C@H](C)c2ccccn2)n2c(C#N)cnc2c1. The minimum atomic E-state index is -0.499. The van der Waals surface area contributed by atoms with Crippen LogP contribution in [0.5, 0.6) is 5.88 Å². The van der Waals surface area contributed by atoms with E-state index in [1.165, 1.54) is 6.20 Å². The van der Waals surface area contributed by atoms with Crippen LogP contribution in [0.1, 0.15) is 76.9 Å². The third-order valence-corrected chi connectivity index (χ3v) is 8.80. The summed E-state index contributed by atoms with van der Waals surface area (Å²) in [7, 11) is 0. The largest absolute Gasteiger partial charge is 0.469 e. The maximum atomic E-state index is 12.9. The van der Waals surface area contributed by atoms with Crippen LogP contribution in [0.4, 0.5) is 4.79 Å². The van der Waals surface area contributed by atoms with Crippen molar-refractivity contribution in [3.05, 3.63) is 65.9 Å².